The summed E-state index contributed by atoms with van der Waals surface area (Å²) in [5.41, 5.74) is 1.15. The van der Waals surface area contributed by atoms with E-state index in [4.69, 9.17) is 14.6 Å². The number of aliphatic carboxylic acids is 1. The van der Waals surface area contributed by atoms with Gasteiger partial charge in [0.2, 0.25) is 0 Å². The smallest absolute Gasteiger partial charge is 0.303 e. The highest BCUT2D eigenvalue weighted by molar-refractivity contribution is 5.67. The van der Waals surface area contributed by atoms with E-state index < -0.39 is 5.97 Å². The summed E-state index contributed by atoms with van der Waals surface area (Å²) in [6.45, 7) is 0.0487. The molecule has 0 aliphatic heterocycles. The fraction of sp³-hybridized carbons (Fsp3) is 0.235. The molecule has 4 nitrogen and oxygen atoms in total. The van der Waals surface area contributed by atoms with E-state index in [1.807, 2.05) is 0 Å². The number of para-hydroxylation sites is 1. The maximum absolute atomic E-state index is 13.6. The summed E-state index contributed by atoms with van der Waals surface area (Å²) in [7, 11) is 1.51. The SMILES string of the molecule is COc1cccc(CCC(=O)O)c1OCc1ccccc1F. The lowest BCUT2D eigenvalue weighted by atomic mass is 10.1. The minimum absolute atomic E-state index is 0.0107. The Labute approximate surface area is 128 Å². The Balaban J connectivity index is 2.20. The molecule has 1 N–H and O–H groups in total. The van der Waals surface area contributed by atoms with Crippen molar-refractivity contribution in [1.29, 1.82) is 0 Å². The van der Waals surface area contributed by atoms with E-state index in [1.54, 1.807) is 36.4 Å². The van der Waals surface area contributed by atoms with Crippen LogP contribution in [0.5, 0.6) is 11.5 Å². The first-order valence-corrected chi connectivity index (χ1v) is 6.85. The molecule has 0 bridgehead atoms. The van der Waals surface area contributed by atoms with Gasteiger partial charge in [0.15, 0.2) is 11.5 Å². The van der Waals surface area contributed by atoms with Gasteiger partial charge in [-0.25, -0.2) is 4.39 Å². The Bertz CT molecular complexity index is 655. The number of hydrogen-bond donors (Lipinski definition) is 1. The van der Waals surface area contributed by atoms with Crippen molar-refractivity contribution in [1.82, 2.24) is 0 Å². The molecular formula is C17H17FO4. The van der Waals surface area contributed by atoms with Gasteiger partial charge in [-0.3, -0.25) is 4.79 Å². The van der Waals surface area contributed by atoms with E-state index >= 15 is 0 Å². The lowest BCUT2D eigenvalue weighted by molar-refractivity contribution is -0.136. The van der Waals surface area contributed by atoms with Gasteiger partial charge in [-0.05, 0) is 24.1 Å². The molecule has 0 spiro atoms. The number of rotatable bonds is 7. The zero-order valence-corrected chi connectivity index (χ0v) is 12.2. The zero-order valence-electron chi connectivity index (χ0n) is 12.2. The molecular weight excluding hydrogens is 287 g/mol. The largest absolute Gasteiger partial charge is 0.493 e. The number of aryl methyl sites for hydroxylation is 1. The minimum Gasteiger partial charge on any atom is -0.493 e. The monoisotopic (exact) mass is 304 g/mol. The van der Waals surface area contributed by atoms with Gasteiger partial charge in [0, 0.05) is 12.0 Å². The lowest BCUT2D eigenvalue weighted by Crippen LogP contribution is -2.04. The maximum Gasteiger partial charge on any atom is 0.303 e. The number of carboxylic acids is 1. The summed E-state index contributed by atoms with van der Waals surface area (Å²) < 4.78 is 24.6. The van der Waals surface area contributed by atoms with E-state index in [1.165, 1.54) is 13.2 Å². The molecule has 0 radical (unpaired) electrons. The highest BCUT2D eigenvalue weighted by atomic mass is 19.1. The predicted octanol–water partition coefficient (Wildman–Crippen LogP) is 3.43. The highest BCUT2D eigenvalue weighted by Crippen LogP contribution is 2.32. The molecule has 0 aliphatic carbocycles. The molecule has 5 heteroatoms. The lowest BCUT2D eigenvalue weighted by Gasteiger charge is -2.15. The van der Waals surface area contributed by atoms with Crippen LogP contribution in [0.1, 0.15) is 17.5 Å². The molecule has 0 saturated carbocycles. The first kappa shape index (κ1) is 15.8. The zero-order chi connectivity index (χ0) is 15.9. The van der Waals surface area contributed by atoms with Crippen LogP contribution in [0.3, 0.4) is 0 Å². The van der Waals surface area contributed by atoms with E-state index in [-0.39, 0.29) is 18.8 Å². The minimum atomic E-state index is -0.886. The Morgan fingerprint density at radius 1 is 1.14 bits per heavy atom. The van der Waals surface area contributed by atoms with Crippen molar-refractivity contribution in [2.75, 3.05) is 7.11 Å². The number of carboxylic acid groups (broad SMARTS) is 1. The van der Waals surface area contributed by atoms with Crippen molar-refractivity contribution in [3.8, 4) is 11.5 Å². The van der Waals surface area contributed by atoms with Crippen molar-refractivity contribution in [3.63, 3.8) is 0 Å². The molecule has 0 fully saturated rings. The molecule has 0 aromatic heterocycles. The molecule has 0 saturated heterocycles. The highest BCUT2D eigenvalue weighted by Gasteiger charge is 2.13. The Morgan fingerprint density at radius 3 is 2.55 bits per heavy atom. The predicted molar refractivity (Wildman–Crippen MR) is 79.7 cm³/mol. The number of methoxy groups -OCH3 is 1. The van der Waals surface area contributed by atoms with E-state index in [9.17, 15) is 9.18 Å². The molecule has 2 aromatic rings. The quantitative estimate of drug-likeness (QED) is 0.851. The van der Waals surface area contributed by atoms with Gasteiger partial charge in [-0.15, -0.1) is 0 Å². The van der Waals surface area contributed by atoms with Crippen LogP contribution in [0.25, 0.3) is 0 Å². The number of ether oxygens (including phenoxy) is 2. The number of hydrogen-bond acceptors (Lipinski definition) is 3. The molecule has 22 heavy (non-hydrogen) atoms. The Kier molecular flexibility index (Phi) is 5.36. The van der Waals surface area contributed by atoms with Crippen LogP contribution in [0.15, 0.2) is 42.5 Å². The van der Waals surface area contributed by atoms with Crippen molar-refractivity contribution >= 4 is 5.97 Å². The fourth-order valence-corrected chi connectivity index (χ4v) is 2.09. The molecule has 0 unspecified atom stereocenters. The molecule has 2 rings (SSSR count). The van der Waals surface area contributed by atoms with Crippen molar-refractivity contribution in [2.45, 2.75) is 19.4 Å². The summed E-state index contributed by atoms with van der Waals surface area (Å²) >= 11 is 0. The van der Waals surface area contributed by atoms with Gasteiger partial charge in [-0.2, -0.15) is 0 Å². The number of halogens is 1. The topological polar surface area (TPSA) is 55.8 Å². The summed E-state index contributed by atoms with van der Waals surface area (Å²) in [6.07, 6.45) is 0.308. The first-order valence-electron chi connectivity index (χ1n) is 6.85. The maximum atomic E-state index is 13.6. The molecule has 2 aromatic carbocycles. The van der Waals surface area contributed by atoms with Crippen LogP contribution in [-0.2, 0) is 17.8 Å². The summed E-state index contributed by atoms with van der Waals surface area (Å²) in [4.78, 5) is 10.7. The molecule has 0 heterocycles. The Morgan fingerprint density at radius 2 is 1.86 bits per heavy atom. The standard InChI is InChI=1S/C17H17FO4/c1-21-15-8-4-6-12(9-10-16(19)20)17(15)22-11-13-5-2-3-7-14(13)18/h2-8H,9-11H2,1H3,(H,19,20). The van der Waals surface area contributed by atoms with Gasteiger partial charge < -0.3 is 14.6 Å². The van der Waals surface area contributed by atoms with E-state index in [2.05, 4.69) is 0 Å². The van der Waals surface area contributed by atoms with E-state index in [0.717, 1.165) is 5.56 Å². The molecule has 0 amide bonds. The molecule has 0 atom stereocenters. The van der Waals surface area contributed by atoms with Gasteiger partial charge >= 0.3 is 5.97 Å². The van der Waals surface area contributed by atoms with Crippen LogP contribution < -0.4 is 9.47 Å². The van der Waals surface area contributed by atoms with Crippen LogP contribution >= 0.6 is 0 Å². The second-order valence-electron chi connectivity index (χ2n) is 4.72. The molecule has 0 aliphatic rings. The summed E-state index contributed by atoms with van der Waals surface area (Å²) in [5, 5.41) is 8.81. The average molecular weight is 304 g/mol. The van der Waals surface area contributed by atoms with Crippen LogP contribution in [-0.4, -0.2) is 18.2 Å². The van der Waals surface area contributed by atoms with Gasteiger partial charge in [-0.1, -0.05) is 30.3 Å². The van der Waals surface area contributed by atoms with E-state index in [0.29, 0.717) is 23.5 Å². The second kappa shape index (κ2) is 7.45. The average Bonchev–Trinajstić information content (AvgIpc) is 2.52. The third-order valence-corrected chi connectivity index (χ3v) is 3.22. The third kappa shape index (κ3) is 3.97. The van der Waals surface area contributed by atoms with Crippen LogP contribution in [0.2, 0.25) is 0 Å². The van der Waals surface area contributed by atoms with Gasteiger partial charge in [0.05, 0.1) is 7.11 Å². The van der Waals surface area contributed by atoms with Crippen molar-refractivity contribution in [3.05, 3.63) is 59.4 Å². The number of carbonyl (C=O) groups is 1. The summed E-state index contributed by atoms with van der Waals surface area (Å²) in [6, 6.07) is 11.6. The summed E-state index contributed by atoms with van der Waals surface area (Å²) in [5.74, 6) is -0.277. The van der Waals surface area contributed by atoms with Gasteiger partial charge in [0.25, 0.3) is 0 Å². The first-order chi connectivity index (χ1) is 10.6. The second-order valence-corrected chi connectivity index (χ2v) is 4.72. The fourth-order valence-electron chi connectivity index (χ4n) is 2.09. The number of benzene rings is 2. The van der Waals surface area contributed by atoms with Crippen molar-refractivity contribution in [2.24, 2.45) is 0 Å². The van der Waals surface area contributed by atoms with Gasteiger partial charge in [0.1, 0.15) is 12.4 Å². The van der Waals surface area contributed by atoms with Crippen LogP contribution in [0, 0.1) is 5.82 Å². The Hall–Kier alpha value is -2.56. The van der Waals surface area contributed by atoms with Crippen LogP contribution in [0.4, 0.5) is 4.39 Å². The molecule has 116 valence electrons. The normalized spacial score (nSPS) is 10.3. The van der Waals surface area contributed by atoms with Crippen molar-refractivity contribution < 1.29 is 23.8 Å². The third-order valence-electron chi connectivity index (χ3n) is 3.22.